The Hall–Kier alpha value is -3.88. The quantitative estimate of drug-likeness (QED) is 0.575. The van der Waals surface area contributed by atoms with Crippen LogP contribution in [0.15, 0.2) is 54.8 Å². The highest BCUT2D eigenvalue weighted by Gasteiger charge is 2.28. The molecule has 9 heteroatoms. The van der Waals surface area contributed by atoms with Crippen LogP contribution >= 0.6 is 0 Å². The van der Waals surface area contributed by atoms with Crippen molar-refractivity contribution in [2.45, 2.75) is 25.9 Å². The lowest BCUT2D eigenvalue weighted by Gasteiger charge is -2.26. The molecule has 0 spiro atoms. The van der Waals surface area contributed by atoms with Gasteiger partial charge in [-0.25, -0.2) is 5.10 Å². The number of tetrazole rings is 1. The zero-order valence-corrected chi connectivity index (χ0v) is 16.4. The van der Waals surface area contributed by atoms with Crippen molar-refractivity contribution in [3.8, 4) is 17.2 Å². The highest BCUT2D eigenvalue weighted by molar-refractivity contribution is 6.05. The number of hydrogen-bond acceptors (Lipinski definition) is 7. The van der Waals surface area contributed by atoms with Gasteiger partial charge in [-0.15, -0.1) is 5.10 Å². The lowest BCUT2D eigenvalue weighted by atomic mass is 10.2. The number of nitrogens with one attached hydrogen (secondary N) is 2. The maximum Gasteiger partial charge on any atom is 0.255 e. The van der Waals surface area contributed by atoms with Crippen LogP contribution in [-0.4, -0.2) is 33.1 Å². The first-order valence-corrected chi connectivity index (χ1v) is 9.63. The molecular weight excluding hydrogens is 386 g/mol. The van der Waals surface area contributed by atoms with Gasteiger partial charge in [0.25, 0.3) is 5.91 Å². The van der Waals surface area contributed by atoms with Gasteiger partial charge in [0.1, 0.15) is 12.4 Å². The number of aromatic nitrogens is 4. The number of fused-ring (bicyclic) bond motifs is 1. The third kappa shape index (κ3) is 4.40. The maximum absolute atomic E-state index is 12.7. The average Bonchev–Trinajstić information content (AvgIpc) is 3.32. The second-order valence-electron chi connectivity index (χ2n) is 6.59. The minimum absolute atomic E-state index is 0.259. The fraction of sp³-hybridized carbons (Fsp3) is 0.238. The Bertz CT molecular complexity index is 1020. The van der Waals surface area contributed by atoms with Crippen LogP contribution in [0.5, 0.6) is 17.2 Å². The van der Waals surface area contributed by atoms with Crippen molar-refractivity contribution in [1.29, 1.82) is 0 Å². The molecule has 2 N–H and O–H groups in total. The van der Waals surface area contributed by atoms with Gasteiger partial charge in [-0.1, -0.05) is 19.4 Å². The molecule has 1 unspecified atom stereocenters. The Kier molecular flexibility index (Phi) is 5.88. The predicted molar refractivity (Wildman–Crippen MR) is 109 cm³/mol. The van der Waals surface area contributed by atoms with Gasteiger partial charge in [-0.3, -0.25) is 4.79 Å². The summed E-state index contributed by atoms with van der Waals surface area (Å²) < 4.78 is 17.2. The summed E-state index contributed by atoms with van der Waals surface area (Å²) in [7, 11) is 0. The molecule has 2 heterocycles. The van der Waals surface area contributed by atoms with Crippen LogP contribution in [-0.2, 0) is 0 Å². The van der Waals surface area contributed by atoms with E-state index in [9.17, 15) is 4.79 Å². The summed E-state index contributed by atoms with van der Waals surface area (Å²) in [5.41, 5.74) is 0.989. The summed E-state index contributed by atoms with van der Waals surface area (Å²) in [5, 5.41) is 16.5. The van der Waals surface area contributed by atoms with Gasteiger partial charge in [-0.2, -0.15) is 0 Å². The highest BCUT2D eigenvalue weighted by atomic mass is 16.6. The second-order valence-corrected chi connectivity index (χ2v) is 6.59. The van der Waals surface area contributed by atoms with Gasteiger partial charge < -0.3 is 19.5 Å². The maximum atomic E-state index is 12.7. The van der Waals surface area contributed by atoms with E-state index in [1.165, 1.54) is 0 Å². The Balaban J connectivity index is 1.45. The third-order valence-corrected chi connectivity index (χ3v) is 4.42. The molecule has 9 nitrogen and oxygen atoms in total. The molecule has 3 aromatic rings. The molecule has 154 valence electrons. The number of rotatable bonds is 7. The molecule has 0 bridgehead atoms. The molecule has 1 aromatic heterocycles. The van der Waals surface area contributed by atoms with Crippen LogP contribution in [0.1, 0.15) is 42.1 Å². The molecule has 1 amide bonds. The van der Waals surface area contributed by atoms with Crippen LogP contribution < -0.4 is 19.5 Å². The van der Waals surface area contributed by atoms with Crippen molar-refractivity contribution in [2.24, 2.45) is 0 Å². The number of benzene rings is 2. The number of unbranched alkanes of at least 4 members (excludes halogenated alkanes) is 1. The molecule has 0 aliphatic carbocycles. The molecule has 30 heavy (non-hydrogen) atoms. The number of nitrogens with zero attached hydrogens (tertiary/aromatic N) is 3. The molecule has 1 aliphatic rings. The van der Waals surface area contributed by atoms with E-state index in [0.29, 0.717) is 34.3 Å². The zero-order valence-electron chi connectivity index (χ0n) is 16.4. The minimum atomic E-state index is -0.497. The summed E-state index contributed by atoms with van der Waals surface area (Å²) in [6.07, 6.45) is 5.15. The standard InChI is InChI=1S/C21H21N5O4/c1-2-3-4-12-28-15-10-8-14(9-11-15)21(27)22-16-6-5-7-17-19(16)30-18(13-29-17)20-23-25-26-24-20/h4-12,18H,2-3,13H2,1H3,(H,22,27)(H,23,24,25,26). The summed E-state index contributed by atoms with van der Waals surface area (Å²) in [6, 6.07) is 12.2. The van der Waals surface area contributed by atoms with E-state index < -0.39 is 6.10 Å². The topological polar surface area (TPSA) is 111 Å². The van der Waals surface area contributed by atoms with Crippen molar-refractivity contribution in [1.82, 2.24) is 20.6 Å². The first kappa shape index (κ1) is 19.4. The molecular formula is C21H21N5O4. The monoisotopic (exact) mass is 407 g/mol. The smallest absolute Gasteiger partial charge is 0.255 e. The summed E-state index contributed by atoms with van der Waals surface area (Å²) >= 11 is 0. The van der Waals surface area contributed by atoms with Gasteiger partial charge >= 0.3 is 0 Å². The first-order chi connectivity index (χ1) is 14.7. The molecule has 1 aliphatic heterocycles. The van der Waals surface area contributed by atoms with E-state index in [1.807, 2.05) is 6.08 Å². The molecule has 0 saturated carbocycles. The van der Waals surface area contributed by atoms with E-state index >= 15 is 0 Å². The second kappa shape index (κ2) is 9.08. The van der Waals surface area contributed by atoms with Crippen LogP contribution in [0.25, 0.3) is 0 Å². The number of para-hydroxylation sites is 1. The van der Waals surface area contributed by atoms with Gasteiger partial charge in [-0.05, 0) is 59.3 Å². The third-order valence-electron chi connectivity index (χ3n) is 4.42. The van der Waals surface area contributed by atoms with E-state index in [4.69, 9.17) is 14.2 Å². The average molecular weight is 407 g/mol. The number of H-pyrrole nitrogens is 1. The SMILES string of the molecule is CCCC=COc1ccc(C(=O)Nc2cccc3c2OC(c2nnn[nH]2)CO3)cc1. The number of aromatic amines is 1. The number of carbonyl (C=O) groups is 1. The van der Waals surface area contributed by atoms with Crippen molar-refractivity contribution in [3.05, 3.63) is 66.2 Å². The molecule has 1 atom stereocenters. The Labute approximate surface area is 173 Å². The Morgan fingerprint density at radius 3 is 2.93 bits per heavy atom. The lowest BCUT2D eigenvalue weighted by molar-refractivity contribution is 0.0856. The minimum Gasteiger partial charge on any atom is -0.485 e. The van der Waals surface area contributed by atoms with Gasteiger partial charge in [0.2, 0.25) is 0 Å². The summed E-state index contributed by atoms with van der Waals surface area (Å²) in [5.74, 6) is 1.81. The van der Waals surface area contributed by atoms with Crippen LogP contribution in [0, 0.1) is 0 Å². The van der Waals surface area contributed by atoms with Crippen molar-refractivity contribution < 1.29 is 19.0 Å². The number of carbonyl (C=O) groups excluding carboxylic acids is 1. The largest absolute Gasteiger partial charge is 0.485 e. The van der Waals surface area contributed by atoms with Crippen molar-refractivity contribution in [2.75, 3.05) is 11.9 Å². The number of ether oxygens (including phenoxy) is 3. The zero-order chi connectivity index (χ0) is 20.8. The molecule has 2 aromatic carbocycles. The van der Waals surface area contributed by atoms with Gasteiger partial charge in [0.05, 0.1) is 11.9 Å². The Morgan fingerprint density at radius 1 is 1.30 bits per heavy atom. The van der Waals surface area contributed by atoms with Crippen LogP contribution in [0.3, 0.4) is 0 Å². The van der Waals surface area contributed by atoms with Crippen molar-refractivity contribution >= 4 is 11.6 Å². The number of allylic oxidation sites excluding steroid dienone is 1. The highest BCUT2D eigenvalue weighted by Crippen LogP contribution is 2.41. The lowest BCUT2D eigenvalue weighted by Crippen LogP contribution is -2.24. The van der Waals surface area contributed by atoms with Gasteiger partial charge in [0, 0.05) is 5.56 Å². The van der Waals surface area contributed by atoms with Crippen LogP contribution in [0.4, 0.5) is 5.69 Å². The van der Waals surface area contributed by atoms with E-state index in [-0.39, 0.29) is 12.5 Å². The van der Waals surface area contributed by atoms with E-state index in [0.717, 1.165) is 12.8 Å². The fourth-order valence-corrected chi connectivity index (χ4v) is 2.87. The number of hydrogen-bond donors (Lipinski definition) is 2. The number of amides is 1. The molecule has 4 rings (SSSR count). The molecule has 0 fully saturated rings. The first-order valence-electron chi connectivity index (χ1n) is 9.63. The number of anilines is 1. The van der Waals surface area contributed by atoms with Crippen molar-refractivity contribution in [3.63, 3.8) is 0 Å². The molecule has 0 saturated heterocycles. The van der Waals surface area contributed by atoms with Gasteiger partial charge in [0.15, 0.2) is 23.4 Å². The van der Waals surface area contributed by atoms with E-state index in [1.54, 1.807) is 48.7 Å². The normalized spacial score (nSPS) is 15.2. The molecule has 0 radical (unpaired) electrons. The summed E-state index contributed by atoms with van der Waals surface area (Å²) in [6.45, 7) is 2.36. The Morgan fingerprint density at radius 2 is 2.17 bits per heavy atom. The fourth-order valence-electron chi connectivity index (χ4n) is 2.87. The summed E-state index contributed by atoms with van der Waals surface area (Å²) in [4.78, 5) is 12.7. The van der Waals surface area contributed by atoms with Crippen LogP contribution in [0.2, 0.25) is 0 Å². The predicted octanol–water partition coefficient (Wildman–Crippen LogP) is 3.66. The van der Waals surface area contributed by atoms with E-state index in [2.05, 4.69) is 32.9 Å².